The molecule has 0 aliphatic carbocycles. The quantitative estimate of drug-likeness (QED) is 0.627. The van der Waals surface area contributed by atoms with Gasteiger partial charge in [0.1, 0.15) is 5.52 Å². The third-order valence-electron chi connectivity index (χ3n) is 2.28. The van der Waals surface area contributed by atoms with Crippen LogP contribution in [0, 0.1) is 5.41 Å². The second-order valence-corrected chi connectivity index (χ2v) is 4.50. The summed E-state index contributed by atoms with van der Waals surface area (Å²) in [6.07, 6.45) is 1.63. The van der Waals surface area contributed by atoms with Gasteiger partial charge in [0.2, 0.25) is 0 Å². The number of rotatable bonds is 4. The average Bonchev–Trinajstić information content (AvgIpc) is 2.71. The first-order valence-corrected chi connectivity index (χ1v) is 5.37. The average molecular weight is 233 g/mol. The standard InChI is InChI=1S/C12H15N3O2/c1-12(2,8-16)7-13-15-11-14-9-5-3-4-6-10(9)17-11/h3-7,16H,8H2,1-2H3,(H,14,15)/b13-7+. The molecule has 0 unspecified atom stereocenters. The minimum absolute atomic E-state index is 0.0335. The highest BCUT2D eigenvalue weighted by Crippen LogP contribution is 2.18. The Morgan fingerprint density at radius 3 is 2.94 bits per heavy atom. The highest BCUT2D eigenvalue weighted by atomic mass is 16.4. The maximum atomic E-state index is 9.05. The van der Waals surface area contributed by atoms with E-state index in [1.165, 1.54) is 0 Å². The number of aliphatic hydroxyl groups excluding tert-OH is 1. The van der Waals surface area contributed by atoms with Crippen LogP contribution in [0.5, 0.6) is 0 Å². The first-order valence-electron chi connectivity index (χ1n) is 5.37. The molecular formula is C12H15N3O2. The number of fused-ring (bicyclic) bond motifs is 1. The normalized spacial score (nSPS) is 12.4. The number of anilines is 1. The fourth-order valence-corrected chi connectivity index (χ4v) is 1.22. The van der Waals surface area contributed by atoms with Gasteiger partial charge in [-0.2, -0.15) is 10.1 Å². The summed E-state index contributed by atoms with van der Waals surface area (Å²) in [6, 6.07) is 7.83. The summed E-state index contributed by atoms with van der Waals surface area (Å²) in [5.41, 5.74) is 3.84. The molecule has 5 heteroatoms. The number of aromatic nitrogens is 1. The van der Waals surface area contributed by atoms with Crippen LogP contribution in [0.15, 0.2) is 33.8 Å². The van der Waals surface area contributed by atoms with E-state index in [0.717, 1.165) is 5.52 Å². The molecule has 1 aromatic heterocycles. The summed E-state index contributed by atoms with van der Waals surface area (Å²) in [6.45, 7) is 3.79. The number of para-hydroxylation sites is 2. The van der Waals surface area contributed by atoms with Crippen molar-refractivity contribution in [2.45, 2.75) is 13.8 Å². The zero-order valence-corrected chi connectivity index (χ0v) is 9.84. The van der Waals surface area contributed by atoms with E-state index in [-0.39, 0.29) is 12.0 Å². The zero-order valence-electron chi connectivity index (χ0n) is 9.84. The Balaban J connectivity index is 2.09. The Kier molecular flexibility index (Phi) is 3.10. The summed E-state index contributed by atoms with van der Waals surface area (Å²) in [5, 5.41) is 13.0. The van der Waals surface area contributed by atoms with Crippen LogP contribution in [0.25, 0.3) is 11.1 Å². The van der Waals surface area contributed by atoms with Crippen LogP contribution in [0.1, 0.15) is 13.8 Å². The fraction of sp³-hybridized carbons (Fsp3) is 0.333. The van der Waals surface area contributed by atoms with Crippen molar-refractivity contribution >= 4 is 23.3 Å². The van der Waals surface area contributed by atoms with Gasteiger partial charge in [0.15, 0.2) is 5.58 Å². The lowest BCUT2D eigenvalue weighted by Crippen LogP contribution is -2.18. The van der Waals surface area contributed by atoms with E-state index >= 15 is 0 Å². The van der Waals surface area contributed by atoms with E-state index in [1.54, 1.807) is 6.21 Å². The summed E-state index contributed by atoms with van der Waals surface area (Å²) in [7, 11) is 0. The van der Waals surface area contributed by atoms with Crippen LogP contribution in [-0.4, -0.2) is 22.9 Å². The van der Waals surface area contributed by atoms with Gasteiger partial charge < -0.3 is 9.52 Å². The van der Waals surface area contributed by atoms with Gasteiger partial charge in [-0.3, -0.25) is 0 Å². The molecule has 0 saturated carbocycles. The van der Waals surface area contributed by atoms with Crippen LogP contribution in [0.3, 0.4) is 0 Å². The Bertz CT molecular complexity index is 498. The molecule has 0 amide bonds. The van der Waals surface area contributed by atoms with Crippen molar-refractivity contribution in [1.82, 2.24) is 4.98 Å². The molecule has 0 bridgehead atoms. The molecule has 0 radical (unpaired) electrons. The number of hydrogen-bond donors (Lipinski definition) is 2. The van der Waals surface area contributed by atoms with Gasteiger partial charge in [-0.25, -0.2) is 5.43 Å². The predicted molar refractivity (Wildman–Crippen MR) is 67.0 cm³/mol. The maximum absolute atomic E-state index is 9.05. The molecule has 1 heterocycles. The van der Waals surface area contributed by atoms with Crippen LogP contribution in [0.2, 0.25) is 0 Å². The lowest BCUT2D eigenvalue weighted by atomic mass is 9.97. The van der Waals surface area contributed by atoms with Crippen molar-refractivity contribution < 1.29 is 9.52 Å². The Labute approximate surface area is 99.2 Å². The SMILES string of the molecule is CC(C)(/C=N/Nc1nc2ccccc2o1)CO. The van der Waals surface area contributed by atoms with Crippen LogP contribution in [0.4, 0.5) is 6.01 Å². The van der Waals surface area contributed by atoms with E-state index in [1.807, 2.05) is 38.1 Å². The van der Waals surface area contributed by atoms with Gasteiger partial charge in [0.05, 0.1) is 6.61 Å². The Morgan fingerprint density at radius 2 is 2.24 bits per heavy atom. The van der Waals surface area contributed by atoms with Crippen molar-refractivity contribution in [3.05, 3.63) is 24.3 Å². The highest BCUT2D eigenvalue weighted by molar-refractivity contribution is 5.74. The molecule has 90 valence electrons. The molecule has 1 aromatic carbocycles. The van der Waals surface area contributed by atoms with Crippen molar-refractivity contribution in [1.29, 1.82) is 0 Å². The monoisotopic (exact) mass is 233 g/mol. The number of nitrogens with zero attached hydrogens (tertiary/aromatic N) is 2. The van der Waals surface area contributed by atoms with Gasteiger partial charge in [-0.1, -0.05) is 26.0 Å². The minimum Gasteiger partial charge on any atom is -0.422 e. The molecular weight excluding hydrogens is 218 g/mol. The van der Waals surface area contributed by atoms with Crippen LogP contribution < -0.4 is 5.43 Å². The van der Waals surface area contributed by atoms with E-state index < -0.39 is 0 Å². The molecule has 5 nitrogen and oxygen atoms in total. The van der Waals surface area contributed by atoms with E-state index in [9.17, 15) is 0 Å². The fourth-order valence-electron chi connectivity index (χ4n) is 1.22. The zero-order chi connectivity index (χ0) is 12.3. The summed E-state index contributed by atoms with van der Waals surface area (Å²) in [4.78, 5) is 4.20. The molecule has 2 rings (SSSR count). The number of benzene rings is 1. The number of oxazole rings is 1. The second-order valence-electron chi connectivity index (χ2n) is 4.50. The van der Waals surface area contributed by atoms with Crippen molar-refractivity contribution in [3.8, 4) is 0 Å². The van der Waals surface area contributed by atoms with Gasteiger partial charge in [0.25, 0.3) is 0 Å². The van der Waals surface area contributed by atoms with Crippen LogP contribution >= 0.6 is 0 Å². The smallest absolute Gasteiger partial charge is 0.316 e. The molecule has 0 fully saturated rings. The molecule has 17 heavy (non-hydrogen) atoms. The Morgan fingerprint density at radius 1 is 1.47 bits per heavy atom. The molecule has 0 aliphatic rings. The van der Waals surface area contributed by atoms with Gasteiger partial charge in [-0.05, 0) is 12.1 Å². The number of hydrazone groups is 1. The van der Waals surface area contributed by atoms with Crippen molar-refractivity contribution in [2.75, 3.05) is 12.0 Å². The van der Waals surface area contributed by atoms with Crippen molar-refractivity contribution in [3.63, 3.8) is 0 Å². The van der Waals surface area contributed by atoms with E-state index in [4.69, 9.17) is 9.52 Å². The van der Waals surface area contributed by atoms with E-state index in [2.05, 4.69) is 15.5 Å². The predicted octanol–water partition coefficient (Wildman–Crippen LogP) is 2.24. The highest BCUT2D eigenvalue weighted by Gasteiger charge is 2.12. The molecule has 0 spiro atoms. The number of hydrogen-bond acceptors (Lipinski definition) is 5. The molecule has 0 saturated heterocycles. The minimum atomic E-state index is -0.362. The van der Waals surface area contributed by atoms with E-state index in [0.29, 0.717) is 11.6 Å². The second kappa shape index (κ2) is 4.55. The third-order valence-corrected chi connectivity index (χ3v) is 2.28. The summed E-state index contributed by atoms with van der Waals surface area (Å²) in [5.74, 6) is 0. The van der Waals surface area contributed by atoms with Crippen molar-refractivity contribution in [2.24, 2.45) is 10.5 Å². The molecule has 2 aromatic rings. The largest absolute Gasteiger partial charge is 0.422 e. The first kappa shape index (κ1) is 11.6. The van der Waals surface area contributed by atoms with Crippen LogP contribution in [-0.2, 0) is 0 Å². The van der Waals surface area contributed by atoms with Gasteiger partial charge >= 0.3 is 6.01 Å². The lowest BCUT2D eigenvalue weighted by Gasteiger charge is -2.13. The molecule has 0 atom stereocenters. The Hall–Kier alpha value is -1.88. The topological polar surface area (TPSA) is 70.7 Å². The third kappa shape index (κ3) is 2.82. The van der Waals surface area contributed by atoms with Gasteiger partial charge in [0, 0.05) is 11.6 Å². The summed E-state index contributed by atoms with van der Waals surface area (Å²) < 4.78 is 5.42. The molecule has 0 aliphatic heterocycles. The number of aliphatic hydroxyl groups is 1. The van der Waals surface area contributed by atoms with Gasteiger partial charge in [-0.15, -0.1) is 0 Å². The summed E-state index contributed by atoms with van der Waals surface area (Å²) >= 11 is 0. The lowest BCUT2D eigenvalue weighted by molar-refractivity contribution is 0.216. The number of nitrogens with one attached hydrogen (secondary N) is 1. The molecule has 2 N–H and O–H groups in total. The first-order chi connectivity index (χ1) is 8.11. The maximum Gasteiger partial charge on any atom is 0.316 e.